The number of amides is 1. The molecular formula is C22H22F2N6O3. The molecule has 1 fully saturated rings. The molecule has 1 amide bonds. The molecule has 11 heteroatoms. The van der Waals surface area contributed by atoms with Gasteiger partial charge in [-0.05, 0) is 13.0 Å². The summed E-state index contributed by atoms with van der Waals surface area (Å²) in [5.74, 6) is -0.00380. The van der Waals surface area contributed by atoms with E-state index in [2.05, 4.69) is 30.6 Å². The molecular weight excluding hydrogens is 434 g/mol. The Balaban J connectivity index is 1.46. The van der Waals surface area contributed by atoms with Gasteiger partial charge in [-0.25, -0.2) is 23.7 Å². The zero-order valence-corrected chi connectivity index (χ0v) is 17.8. The van der Waals surface area contributed by atoms with Gasteiger partial charge in [0.05, 0.1) is 24.6 Å². The summed E-state index contributed by atoms with van der Waals surface area (Å²) in [5.41, 5.74) is 0.799. The molecule has 0 unspecified atom stereocenters. The predicted octanol–water partition coefficient (Wildman–Crippen LogP) is 2.69. The largest absolute Gasteiger partial charge is 0.488 e. The van der Waals surface area contributed by atoms with Gasteiger partial charge in [0.15, 0.2) is 11.6 Å². The number of hydrogen-bond donors (Lipinski definition) is 2. The summed E-state index contributed by atoms with van der Waals surface area (Å²) < 4.78 is 38.0. The zero-order chi connectivity index (χ0) is 23.2. The van der Waals surface area contributed by atoms with Crippen molar-refractivity contribution in [1.82, 2.24) is 30.6 Å². The van der Waals surface area contributed by atoms with E-state index >= 15 is 0 Å². The van der Waals surface area contributed by atoms with Crippen LogP contribution in [0.4, 0.5) is 8.78 Å². The van der Waals surface area contributed by atoms with Crippen molar-refractivity contribution in [3.05, 3.63) is 54.5 Å². The van der Waals surface area contributed by atoms with Crippen LogP contribution in [-0.2, 0) is 0 Å². The molecule has 0 radical (unpaired) electrons. The Kier molecular flexibility index (Phi) is 6.98. The minimum atomic E-state index is -0.987. The van der Waals surface area contributed by atoms with Crippen LogP contribution in [0.1, 0.15) is 23.7 Å². The third-order valence-electron chi connectivity index (χ3n) is 4.82. The van der Waals surface area contributed by atoms with Crippen LogP contribution < -0.4 is 20.1 Å². The van der Waals surface area contributed by atoms with Crippen LogP contribution in [0.5, 0.6) is 17.4 Å². The summed E-state index contributed by atoms with van der Waals surface area (Å²) in [6, 6.07) is 2.53. The van der Waals surface area contributed by atoms with E-state index in [1.807, 2.05) is 0 Å². The van der Waals surface area contributed by atoms with Crippen molar-refractivity contribution in [2.45, 2.75) is 25.6 Å². The number of carbonyl (C=O) groups excluding carboxylic acids is 1. The lowest BCUT2D eigenvalue weighted by atomic mass is 10.1. The number of alkyl halides is 1. The van der Waals surface area contributed by atoms with Crippen molar-refractivity contribution < 1.29 is 23.0 Å². The molecule has 3 aromatic rings. The zero-order valence-electron chi connectivity index (χ0n) is 17.8. The number of carbonyl (C=O) groups is 1. The van der Waals surface area contributed by atoms with Crippen molar-refractivity contribution in [2.75, 3.05) is 19.7 Å². The van der Waals surface area contributed by atoms with Crippen LogP contribution in [0.2, 0.25) is 0 Å². The van der Waals surface area contributed by atoms with Crippen molar-refractivity contribution in [2.24, 2.45) is 0 Å². The van der Waals surface area contributed by atoms with Gasteiger partial charge in [-0.15, -0.1) is 0 Å². The maximum absolute atomic E-state index is 13.5. The lowest BCUT2D eigenvalue weighted by molar-refractivity contribution is 0.0918. The molecule has 0 aliphatic carbocycles. The molecule has 3 aromatic heterocycles. The molecule has 2 N–H and O–H groups in total. The number of hydrogen-bond acceptors (Lipinski definition) is 8. The minimum absolute atomic E-state index is 0.0952. The Hall–Kier alpha value is -3.73. The Bertz CT molecular complexity index is 1120. The van der Waals surface area contributed by atoms with E-state index in [9.17, 15) is 13.6 Å². The minimum Gasteiger partial charge on any atom is -0.488 e. The molecule has 0 saturated carbocycles. The summed E-state index contributed by atoms with van der Waals surface area (Å²) in [4.78, 5) is 28.9. The third-order valence-corrected chi connectivity index (χ3v) is 4.82. The number of pyridine rings is 2. The second-order valence-electron chi connectivity index (χ2n) is 7.36. The molecule has 33 heavy (non-hydrogen) atoms. The predicted molar refractivity (Wildman–Crippen MR) is 114 cm³/mol. The fourth-order valence-electron chi connectivity index (χ4n) is 3.31. The number of halogens is 2. The number of nitrogens with one attached hydrogen (secondary N) is 2. The average molecular weight is 456 g/mol. The van der Waals surface area contributed by atoms with Crippen LogP contribution in [0.25, 0.3) is 11.4 Å². The summed E-state index contributed by atoms with van der Waals surface area (Å²) in [6.45, 7) is 2.89. The first-order valence-electron chi connectivity index (χ1n) is 10.4. The van der Waals surface area contributed by atoms with E-state index in [1.165, 1.54) is 24.7 Å². The molecule has 1 aliphatic rings. The monoisotopic (exact) mass is 456 g/mol. The van der Waals surface area contributed by atoms with E-state index in [-0.39, 0.29) is 35.6 Å². The fraction of sp³-hybridized carbons (Fsp3) is 0.318. The molecule has 4 rings (SSSR count). The van der Waals surface area contributed by atoms with Crippen LogP contribution in [0.15, 0.2) is 43.1 Å². The first-order chi connectivity index (χ1) is 16.0. The first kappa shape index (κ1) is 22.5. The van der Waals surface area contributed by atoms with Crippen LogP contribution in [0, 0.1) is 5.82 Å². The number of aromatic nitrogens is 4. The van der Waals surface area contributed by atoms with Gasteiger partial charge in [-0.2, -0.15) is 0 Å². The van der Waals surface area contributed by atoms with Crippen molar-refractivity contribution in [3.8, 4) is 28.8 Å². The van der Waals surface area contributed by atoms with Gasteiger partial charge < -0.3 is 20.1 Å². The number of ether oxygens (including phenoxy) is 2. The number of nitrogens with zero attached hydrogens (tertiary/aromatic N) is 4. The molecule has 4 heterocycles. The summed E-state index contributed by atoms with van der Waals surface area (Å²) in [7, 11) is 0. The second-order valence-corrected chi connectivity index (χ2v) is 7.36. The molecule has 0 bridgehead atoms. The topological polar surface area (TPSA) is 111 Å². The van der Waals surface area contributed by atoms with Crippen LogP contribution in [-0.4, -0.2) is 57.8 Å². The second kappa shape index (κ2) is 10.3. The van der Waals surface area contributed by atoms with E-state index in [0.29, 0.717) is 36.8 Å². The van der Waals surface area contributed by atoms with E-state index in [4.69, 9.17) is 9.47 Å². The third kappa shape index (κ3) is 5.75. The SMILES string of the molecule is CCOc1cc(F)cnc1Oc1cncc(-c2ncc(C(=O)N[C@@H]3CNC[C@@H](F)C3)cn2)c1. The fourth-order valence-corrected chi connectivity index (χ4v) is 3.31. The standard InChI is InChI=1S/C22H22F2N6O3/c1-2-32-19-5-16(24)10-29-22(19)33-18-3-13(6-25-12-18)20-27-7-14(8-28-20)21(31)30-17-4-15(23)9-26-11-17/h3,5-8,10,12,15,17,26H,2,4,9,11H2,1H3,(H,30,31)/t15-,17-/m0/s1. The maximum Gasteiger partial charge on any atom is 0.262 e. The van der Waals surface area contributed by atoms with Gasteiger partial charge in [0.2, 0.25) is 0 Å². The lowest BCUT2D eigenvalue weighted by Crippen LogP contribution is -2.49. The Morgan fingerprint density at radius 3 is 2.73 bits per heavy atom. The van der Waals surface area contributed by atoms with Crippen LogP contribution >= 0.6 is 0 Å². The van der Waals surface area contributed by atoms with E-state index in [1.54, 1.807) is 19.2 Å². The highest BCUT2D eigenvalue weighted by Gasteiger charge is 2.23. The van der Waals surface area contributed by atoms with E-state index in [0.717, 1.165) is 6.20 Å². The van der Waals surface area contributed by atoms with Gasteiger partial charge in [-0.1, -0.05) is 0 Å². The Labute approximate surface area is 188 Å². The molecule has 172 valence electrons. The highest BCUT2D eigenvalue weighted by atomic mass is 19.1. The van der Waals surface area contributed by atoms with Crippen molar-refractivity contribution in [3.63, 3.8) is 0 Å². The quantitative estimate of drug-likeness (QED) is 0.558. The highest BCUT2D eigenvalue weighted by molar-refractivity contribution is 5.93. The average Bonchev–Trinajstić information content (AvgIpc) is 2.81. The molecule has 9 nitrogen and oxygen atoms in total. The molecule has 1 aliphatic heterocycles. The van der Waals surface area contributed by atoms with Gasteiger partial charge in [0, 0.05) is 55.8 Å². The normalized spacial score (nSPS) is 17.9. The Morgan fingerprint density at radius 2 is 1.97 bits per heavy atom. The Morgan fingerprint density at radius 1 is 1.15 bits per heavy atom. The van der Waals surface area contributed by atoms with Gasteiger partial charge >= 0.3 is 0 Å². The van der Waals surface area contributed by atoms with Gasteiger partial charge in [0.25, 0.3) is 11.8 Å². The van der Waals surface area contributed by atoms with Crippen LogP contribution in [0.3, 0.4) is 0 Å². The molecule has 2 atom stereocenters. The number of rotatable bonds is 7. The molecule has 0 aromatic carbocycles. The summed E-state index contributed by atoms with van der Waals surface area (Å²) >= 11 is 0. The smallest absolute Gasteiger partial charge is 0.262 e. The molecule has 0 spiro atoms. The van der Waals surface area contributed by atoms with E-state index < -0.39 is 12.0 Å². The number of piperidine rings is 1. The lowest BCUT2D eigenvalue weighted by Gasteiger charge is -2.26. The van der Waals surface area contributed by atoms with Crippen molar-refractivity contribution in [1.29, 1.82) is 0 Å². The van der Waals surface area contributed by atoms with Crippen molar-refractivity contribution >= 4 is 5.91 Å². The van der Waals surface area contributed by atoms with Gasteiger partial charge in [-0.3, -0.25) is 9.78 Å². The molecule has 1 saturated heterocycles. The first-order valence-corrected chi connectivity index (χ1v) is 10.4. The summed E-state index contributed by atoms with van der Waals surface area (Å²) in [6.07, 6.45) is 6.09. The highest BCUT2D eigenvalue weighted by Crippen LogP contribution is 2.30. The maximum atomic E-state index is 13.5. The summed E-state index contributed by atoms with van der Waals surface area (Å²) in [5, 5.41) is 5.72. The van der Waals surface area contributed by atoms with Gasteiger partial charge in [0.1, 0.15) is 17.7 Å².